The fourth-order valence-electron chi connectivity index (χ4n) is 3.88. The molecule has 1 fully saturated rings. The van der Waals surface area contributed by atoms with Crippen LogP contribution in [0, 0.1) is 11.8 Å². The van der Waals surface area contributed by atoms with Gasteiger partial charge in [0.1, 0.15) is 0 Å². The summed E-state index contributed by atoms with van der Waals surface area (Å²) in [5.41, 5.74) is 4.75. The molecule has 1 saturated heterocycles. The smallest absolute Gasteiger partial charge is 0.0931 e. The Morgan fingerprint density at radius 1 is 1.03 bits per heavy atom. The number of hydrogen-bond acceptors (Lipinski definition) is 3. The average molecular weight is 418 g/mol. The molecule has 3 aromatic rings. The van der Waals surface area contributed by atoms with Gasteiger partial charge in [0.15, 0.2) is 0 Å². The third-order valence-electron chi connectivity index (χ3n) is 5.47. The van der Waals surface area contributed by atoms with Crippen LogP contribution in [0.15, 0.2) is 54.6 Å². The molecule has 1 aromatic heterocycles. The molecule has 4 heteroatoms. The van der Waals surface area contributed by atoms with Crippen LogP contribution in [0.5, 0.6) is 0 Å². The number of para-hydroxylation sites is 1. The van der Waals surface area contributed by atoms with Crippen LogP contribution in [-0.4, -0.2) is 30.4 Å². The van der Waals surface area contributed by atoms with Crippen LogP contribution >= 0.6 is 0 Å². The van der Waals surface area contributed by atoms with Gasteiger partial charge in [0, 0.05) is 48.9 Å². The van der Waals surface area contributed by atoms with Gasteiger partial charge in [-0.25, -0.2) is 0 Å². The quantitative estimate of drug-likeness (QED) is 0.526. The van der Waals surface area contributed by atoms with Crippen molar-refractivity contribution in [3.63, 3.8) is 0 Å². The lowest BCUT2D eigenvalue weighted by molar-refractivity contribution is 0.0776. The van der Waals surface area contributed by atoms with E-state index in [-0.39, 0.29) is 0 Å². The second kappa shape index (κ2) is 12.2. The fourth-order valence-corrected chi connectivity index (χ4v) is 3.88. The average Bonchev–Trinajstić information content (AvgIpc) is 3.19. The van der Waals surface area contributed by atoms with E-state index in [2.05, 4.69) is 70.4 Å². The molecule has 4 nitrogen and oxygen atoms in total. The first-order valence-electron chi connectivity index (χ1n) is 11.5. The zero-order valence-corrected chi connectivity index (χ0v) is 19.1. The van der Waals surface area contributed by atoms with Crippen molar-refractivity contribution in [2.24, 2.45) is 0 Å². The molecule has 0 radical (unpaired) electrons. The van der Waals surface area contributed by atoms with Gasteiger partial charge in [-0.05, 0) is 61.6 Å². The van der Waals surface area contributed by atoms with E-state index in [1.54, 1.807) is 0 Å². The number of hydrogen-bond donors (Lipinski definition) is 2. The number of benzene rings is 2. The highest BCUT2D eigenvalue weighted by molar-refractivity contribution is 5.83. The summed E-state index contributed by atoms with van der Waals surface area (Å²) >= 11 is 0. The van der Waals surface area contributed by atoms with Crippen molar-refractivity contribution in [2.45, 2.75) is 52.7 Å². The van der Waals surface area contributed by atoms with Crippen LogP contribution in [0.4, 0.5) is 5.69 Å². The number of nitrogens with zero attached hydrogens (tertiary/aromatic N) is 1. The van der Waals surface area contributed by atoms with Crippen LogP contribution in [0.3, 0.4) is 0 Å². The predicted octanol–water partition coefficient (Wildman–Crippen LogP) is 5.42. The number of rotatable bonds is 6. The van der Waals surface area contributed by atoms with Crippen molar-refractivity contribution < 1.29 is 4.74 Å². The summed E-state index contributed by atoms with van der Waals surface area (Å²) < 4.78 is 7.74. The zero-order chi connectivity index (χ0) is 21.9. The van der Waals surface area contributed by atoms with Crippen molar-refractivity contribution in [1.82, 2.24) is 9.88 Å². The van der Waals surface area contributed by atoms with E-state index in [0.717, 1.165) is 50.5 Å². The number of aromatic nitrogens is 1. The van der Waals surface area contributed by atoms with Crippen LogP contribution in [-0.2, 0) is 17.8 Å². The molecule has 2 N–H and O–H groups in total. The lowest BCUT2D eigenvalue weighted by Crippen LogP contribution is -2.34. The Morgan fingerprint density at radius 3 is 2.55 bits per heavy atom. The first-order valence-corrected chi connectivity index (χ1v) is 11.5. The third kappa shape index (κ3) is 6.37. The summed E-state index contributed by atoms with van der Waals surface area (Å²) in [7, 11) is 0. The highest BCUT2D eigenvalue weighted by Crippen LogP contribution is 2.21. The molecular formula is C27H35N3O. The van der Waals surface area contributed by atoms with E-state index in [4.69, 9.17) is 4.74 Å². The minimum absolute atomic E-state index is 0.568. The van der Waals surface area contributed by atoms with E-state index in [1.807, 2.05) is 32.0 Å². The summed E-state index contributed by atoms with van der Waals surface area (Å²) in [6, 6.07) is 19.7. The summed E-state index contributed by atoms with van der Waals surface area (Å²) in [6.45, 7) is 10.4. The van der Waals surface area contributed by atoms with Gasteiger partial charge in [0.25, 0.3) is 0 Å². The molecular weight excluding hydrogens is 382 g/mol. The molecule has 0 amide bonds. The molecule has 0 atom stereocenters. The topological polar surface area (TPSA) is 38.2 Å². The molecule has 0 bridgehead atoms. The lowest BCUT2D eigenvalue weighted by atomic mass is 10.1. The molecule has 0 unspecified atom stereocenters. The van der Waals surface area contributed by atoms with Gasteiger partial charge in [-0.15, -0.1) is 0 Å². The van der Waals surface area contributed by atoms with Gasteiger partial charge in [-0.3, -0.25) is 0 Å². The number of anilines is 1. The molecule has 0 aliphatic carbocycles. The van der Waals surface area contributed by atoms with Crippen LogP contribution in [0.25, 0.3) is 10.9 Å². The summed E-state index contributed by atoms with van der Waals surface area (Å²) in [4.78, 5) is 0. The number of ether oxygens (including phenoxy) is 1. The number of nitrogens with one attached hydrogen (secondary N) is 2. The standard InChI is InChI=1S/C25H29N3O.C2H6/c1-2-28-24(9-6-14-26-22-7-4-3-5-8-22)18-21-17-20(10-11-25(21)28)19-27-23-12-15-29-16-13-23;1-2/h3-5,7-8,10-11,17-18,23,26-27H,2,12-16,19H2,1H3;1-2H3. The maximum absolute atomic E-state index is 5.44. The van der Waals surface area contributed by atoms with E-state index in [9.17, 15) is 0 Å². The van der Waals surface area contributed by atoms with Gasteiger partial charge in [0.05, 0.1) is 12.2 Å². The minimum atomic E-state index is 0.568. The Morgan fingerprint density at radius 2 is 1.81 bits per heavy atom. The summed E-state index contributed by atoms with van der Waals surface area (Å²) in [5, 5.41) is 8.28. The van der Waals surface area contributed by atoms with E-state index < -0.39 is 0 Å². The molecule has 4 rings (SSSR count). The van der Waals surface area contributed by atoms with Crippen LogP contribution in [0.1, 0.15) is 44.9 Å². The molecule has 2 heterocycles. The number of fused-ring (bicyclic) bond motifs is 1. The second-order valence-corrected chi connectivity index (χ2v) is 7.46. The maximum Gasteiger partial charge on any atom is 0.0931 e. The maximum atomic E-state index is 5.44. The van der Waals surface area contributed by atoms with Gasteiger partial charge >= 0.3 is 0 Å². The monoisotopic (exact) mass is 417 g/mol. The minimum Gasteiger partial charge on any atom is -0.381 e. The molecule has 0 spiro atoms. The molecule has 1 aliphatic heterocycles. The molecule has 164 valence electrons. The first-order chi connectivity index (χ1) is 15.3. The Kier molecular flexibility index (Phi) is 9.02. The Labute approximate surface area is 187 Å². The largest absolute Gasteiger partial charge is 0.381 e. The highest BCUT2D eigenvalue weighted by atomic mass is 16.5. The lowest BCUT2D eigenvalue weighted by Gasteiger charge is -2.23. The van der Waals surface area contributed by atoms with Crippen molar-refractivity contribution in [1.29, 1.82) is 0 Å². The van der Waals surface area contributed by atoms with Crippen LogP contribution in [0.2, 0.25) is 0 Å². The fraction of sp³-hybridized carbons (Fsp3) is 0.407. The normalized spacial score (nSPS) is 13.8. The van der Waals surface area contributed by atoms with Crippen molar-refractivity contribution in [3.8, 4) is 11.8 Å². The summed E-state index contributed by atoms with van der Waals surface area (Å²) in [6.07, 6.45) is 2.20. The van der Waals surface area contributed by atoms with Gasteiger partial charge in [0.2, 0.25) is 0 Å². The molecule has 0 saturated carbocycles. The van der Waals surface area contributed by atoms with E-state index >= 15 is 0 Å². The SMILES string of the molecule is CC.CCn1c(C#CCNc2ccccc2)cc2cc(CNC3CCOCC3)ccc21. The Bertz CT molecular complexity index is 992. The third-order valence-corrected chi connectivity index (χ3v) is 5.47. The van der Waals surface area contributed by atoms with Gasteiger partial charge in [-0.1, -0.05) is 44.0 Å². The van der Waals surface area contributed by atoms with Crippen molar-refractivity contribution in [2.75, 3.05) is 25.1 Å². The molecule has 31 heavy (non-hydrogen) atoms. The Hall–Kier alpha value is -2.74. The second-order valence-electron chi connectivity index (χ2n) is 7.46. The van der Waals surface area contributed by atoms with Crippen LogP contribution < -0.4 is 10.6 Å². The van der Waals surface area contributed by atoms with E-state index in [0.29, 0.717) is 12.6 Å². The highest BCUT2D eigenvalue weighted by Gasteiger charge is 2.13. The molecule has 1 aliphatic rings. The van der Waals surface area contributed by atoms with Crippen molar-refractivity contribution in [3.05, 3.63) is 65.9 Å². The van der Waals surface area contributed by atoms with E-state index in [1.165, 1.54) is 16.5 Å². The Balaban J connectivity index is 0.00000132. The predicted molar refractivity (Wildman–Crippen MR) is 131 cm³/mol. The summed E-state index contributed by atoms with van der Waals surface area (Å²) in [5.74, 6) is 6.61. The number of aryl methyl sites for hydroxylation is 1. The van der Waals surface area contributed by atoms with Gasteiger partial charge < -0.3 is 19.9 Å². The molecule has 2 aromatic carbocycles. The first kappa shape index (κ1) is 22.9. The van der Waals surface area contributed by atoms with Gasteiger partial charge in [-0.2, -0.15) is 0 Å². The zero-order valence-electron chi connectivity index (χ0n) is 19.1. The van der Waals surface area contributed by atoms with Crippen molar-refractivity contribution >= 4 is 16.6 Å².